The summed E-state index contributed by atoms with van der Waals surface area (Å²) in [5.41, 5.74) is 1.45. The Hall–Kier alpha value is -1.10. The fourth-order valence-electron chi connectivity index (χ4n) is 4.04. The van der Waals surface area contributed by atoms with Crippen molar-refractivity contribution >= 4 is 22.4 Å². The number of hydrogen-bond donors (Lipinski definition) is 1. The molecule has 114 valence electrons. The molecule has 2 saturated carbocycles. The van der Waals surface area contributed by atoms with E-state index in [1.165, 1.54) is 49.9 Å². The second-order valence-corrected chi connectivity index (χ2v) is 7.96. The summed E-state index contributed by atoms with van der Waals surface area (Å²) in [6.07, 6.45) is 10.3. The van der Waals surface area contributed by atoms with Crippen molar-refractivity contribution in [1.29, 1.82) is 0 Å². The molecule has 0 radical (unpaired) electrons. The minimum absolute atomic E-state index is 0.409. The van der Waals surface area contributed by atoms with Gasteiger partial charge in [-0.2, -0.15) is 0 Å². The highest BCUT2D eigenvalue weighted by Gasteiger charge is 2.38. The predicted octanol–water partition coefficient (Wildman–Crippen LogP) is 3.88. The van der Waals surface area contributed by atoms with E-state index in [0.717, 1.165) is 36.8 Å². The fourth-order valence-corrected chi connectivity index (χ4v) is 5.08. The molecule has 4 rings (SSSR count). The van der Waals surface area contributed by atoms with Gasteiger partial charge in [-0.1, -0.05) is 24.2 Å². The van der Waals surface area contributed by atoms with Gasteiger partial charge < -0.3 is 10.0 Å². The van der Waals surface area contributed by atoms with E-state index in [2.05, 4.69) is 4.90 Å². The van der Waals surface area contributed by atoms with Crippen molar-refractivity contribution in [3.05, 3.63) is 10.6 Å². The van der Waals surface area contributed by atoms with Gasteiger partial charge in [0.25, 0.3) is 0 Å². The average Bonchev–Trinajstić information content (AvgIpc) is 3.07. The number of aromatic nitrogens is 1. The van der Waals surface area contributed by atoms with E-state index in [0.29, 0.717) is 16.2 Å². The van der Waals surface area contributed by atoms with Crippen molar-refractivity contribution in [3.8, 4) is 0 Å². The summed E-state index contributed by atoms with van der Waals surface area (Å²) >= 11 is 1.39. The van der Waals surface area contributed by atoms with E-state index in [1.807, 2.05) is 0 Å². The van der Waals surface area contributed by atoms with E-state index in [4.69, 9.17) is 4.98 Å². The van der Waals surface area contributed by atoms with E-state index in [9.17, 15) is 9.90 Å². The quantitative estimate of drug-likeness (QED) is 0.920. The van der Waals surface area contributed by atoms with Crippen LogP contribution in [0.25, 0.3) is 0 Å². The van der Waals surface area contributed by atoms with Crippen LogP contribution >= 0.6 is 11.3 Å². The van der Waals surface area contributed by atoms with Gasteiger partial charge in [0.05, 0.1) is 5.69 Å². The molecule has 3 aliphatic rings. The predicted molar refractivity (Wildman–Crippen MR) is 83.4 cm³/mol. The number of anilines is 1. The van der Waals surface area contributed by atoms with Gasteiger partial charge in [0, 0.05) is 19.0 Å². The first-order chi connectivity index (χ1) is 10.2. The first-order valence-electron chi connectivity index (χ1n) is 8.16. The van der Waals surface area contributed by atoms with Crippen molar-refractivity contribution in [1.82, 2.24) is 4.98 Å². The molecule has 0 unspecified atom stereocenters. The van der Waals surface area contributed by atoms with Gasteiger partial charge in [0.15, 0.2) is 5.13 Å². The Bertz CT molecular complexity index is 549. The molecule has 2 heterocycles. The summed E-state index contributed by atoms with van der Waals surface area (Å²) in [7, 11) is 0. The minimum Gasteiger partial charge on any atom is -0.477 e. The highest BCUT2D eigenvalue weighted by atomic mass is 32.1. The molecule has 1 N–H and O–H groups in total. The lowest BCUT2D eigenvalue weighted by molar-refractivity contribution is 0.0700. The van der Waals surface area contributed by atoms with Crippen LogP contribution in [0.3, 0.4) is 0 Å². The molecule has 4 nitrogen and oxygen atoms in total. The molecular weight excluding hydrogens is 284 g/mol. The van der Waals surface area contributed by atoms with Gasteiger partial charge in [0.1, 0.15) is 4.88 Å². The van der Waals surface area contributed by atoms with Crippen molar-refractivity contribution in [2.24, 2.45) is 5.41 Å². The number of hydrogen-bond acceptors (Lipinski definition) is 4. The molecule has 1 aromatic heterocycles. The molecule has 0 aromatic carbocycles. The molecule has 1 spiro atoms. The largest absolute Gasteiger partial charge is 0.477 e. The number of carboxylic acids is 1. The number of carboxylic acid groups (broad SMARTS) is 1. The minimum atomic E-state index is -0.801. The van der Waals surface area contributed by atoms with Crippen molar-refractivity contribution in [2.45, 2.75) is 57.3 Å². The standard InChI is InChI=1S/C16H22N2O2S/c19-14(20)13-12(11-3-4-11)17-15(21-13)18-9-7-16(8-10-18)5-1-2-6-16/h11H,1-10H2,(H,19,20). The second kappa shape index (κ2) is 4.97. The van der Waals surface area contributed by atoms with Crippen molar-refractivity contribution in [2.75, 3.05) is 18.0 Å². The zero-order chi connectivity index (χ0) is 14.4. The molecule has 1 aromatic rings. The summed E-state index contributed by atoms with van der Waals surface area (Å²) < 4.78 is 0. The van der Waals surface area contributed by atoms with Crippen LogP contribution in [0.15, 0.2) is 0 Å². The third-order valence-electron chi connectivity index (χ3n) is 5.56. The lowest BCUT2D eigenvalue weighted by Gasteiger charge is -2.39. The SMILES string of the molecule is O=C(O)c1sc(N2CCC3(CCCC3)CC2)nc1C1CC1. The van der Waals surface area contributed by atoms with Crippen LogP contribution in [0.4, 0.5) is 5.13 Å². The van der Waals surface area contributed by atoms with Gasteiger partial charge in [-0.05, 0) is 43.9 Å². The third-order valence-corrected chi connectivity index (χ3v) is 6.68. The molecule has 0 atom stereocenters. The summed E-state index contributed by atoms with van der Waals surface area (Å²) in [5, 5.41) is 10.3. The number of nitrogens with zero attached hydrogens (tertiary/aromatic N) is 2. The molecule has 2 aliphatic carbocycles. The number of thiazole rings is 1. The summed E-state index contributed by atoms with van der Waals surface area (Å²) in [5.74, 6) is -0.392. The van der Waals surface area contributed by atoms with Gasteiger partial charge >= 0.3 is 5.97 Å². The van der Waals surface area contributed by atoms with Crippen LogP contribution in [0.2, 0.25) is 0 Å². The van der Waals surface area contributed by atoms with Crippen LogP contribution in [-0.2, 0) is 0 Å². The third kappa shape index (κ3) is 2.45. The summed E-state index contributed by atoms with van der Waals surface area (Å²) in [4.78, 5) is 18.9. The Balaban J connectivity index is 1.52. The van der Waals surface area contributed by atoms with Crippen LogP contribution in [-0.4, -0.2) is 29.1 Å². The summed E-state index contributed by atoms with van der Waals surface area (Å²) in [6, 6.07) is 0. The smallest absolute Gasteiger partial charge is 0.347 e. The maximum absolute atomic E-state index is 11.4. The van der Waals surface area contributed by atoms with Gasteiger partial charge in [-0.15, -0.1) is 0 Å². The zero-order valence-electron chi connectivity index (χ0n) is 12.3. The number of carbonyl (C=O) groups is 1. The molecule has 0 bridgehead atoms. The number of aromatic carboxylic acids is 1. The Kier molecular flexibility index (Phi) is 3.21. The Labute approximate surface area is 129 Å². The first-order valence-corrected chi connectivity index (χ1v) is 8.98. The average molecular weight is 306 g/mol. The van der Waals surface area contributed by atoms with E-state index in [-0.39, 0.29) is 0 Å². The molecule has 0 amide bonds. The van der Waals surface area contributed by atoms with Crippen molar-refractivity contribution < 1.29 is 9.90 Å². The molecule has 21 heavy (non-hydrogen) atoms. The number of piperidine rings is 1. The normalized spacial score (nSPS) is 24.7. The van der Waals surface area contributed by atoms with Crippen LogP contribution in [0, 0.1) is 5.41 Å². The van der Waals surface area contributed by atoms with Gasteiger partial charge in [-0.3, -0.25) is 0 Å². The van der Waals surface area contributed by atoms with Crippen LogP contribution < -0.4 is 4.90 Å². The zero-order valence-corrected chi connectivity index (χ0v) is 13.1. The highest BCUT2D eigenvalue weighted by molar-refractivity contribution is 7.17. The number of rotatable bonds is 3. The lowest BCUT2D eigenvalue weighted by Crippen LogP contribution is -2.38. The Morgan fingerprint density at radius 3 is 2.43 bits per heavy atom. The first kappa shape index (κ1) is 13.6. The molecule has 5 heteroatoms. The topological polar surface area (TPSA) is 53.4 Å². The molecule has 1 saturated heterocycles. The van der Waals surface area contributed by atoms with Crippen LogP contribution in [0.1, 0.15) is 72.7 Å². The monoisotopic (exact) mass is 306 g/mol. The van der Waals surface area contributed by atoms with E-state index < -0.39 is 5.97 Å². The maximum Gasteiger partial charge on any atom is 0.347 e. The van der Waals surface area contributed by atoms with Gasteiger partial charge in [-0.25, -0.2) is 9.78 Å². The Morgan fingerprint density at radius 1 is 1.19 bits per heavy atom. The molecule has 3 fully saturated rings. The molecule has 1 aliphatic heterocycles. The maximum atomic E-state index is 11.4. The van der Waals surface area contributed by atoms with Crippen LogP contribution in [0.5, 0.6) is 0 Å². The summed E-state index contributed by atoms with van der Waals surface area (Å²) in [6.45, 7) is 2.10. The fraction of sp³-hybridized carbons (Fsp3) is 0.750. The van der Waals surface area contributed by atoms with Crippen molar-refractivity contribution in [3.63, 3.8) is 0 Å². The Morgan fingerprint density at radius 2 is 1.86 bits per heavy atom. The molecular formula is C16H22N2O2S. The van der Waals surface area contributed by atoms with E-state index in [1.54, 1.807) is 0 Å². The lowest BCUT2D eigenvalue weighted by atomic mass is 9.77. The van der Waals surface area contributed by atoms with Gasteiger partial charge in [0.2, 0.25) is 0 Å². The highest BCUT2D eigenvalue weighted by Crippen LogP contribution is 2.48. The second-order valence-electron chi connectivity index (χ2n) is 6.98. The van der Waals surface area contributed by atoms with E-state index >= 15 is 0 Å².